The lowest BCUT2D eigenvalue weighted by Gasteiger charge is -2.32. The van der Waals surface area contributed by atoms with Crippen molar-refractivity contribution in [1.82, 2.24) is 10.2 Å². The van der Waals surface area contributed by atoms with Crippen LogP contribution in [-0.4, -0.2) is 37.5 Å². The minimum atomic E-state index is 0.0893. The van der Waals surface area contributed by atoms with Crippen molar-refractivity contribution >= 4 is 33.4 Å². The van der Waals surface area contributed by atoms with Gasteiger partial charge in [0.05, 0.1) is 5.02 Å². The summed E-state index contributed by atoms with van der Waals surface area (Å²) in [6, 6.07) is 5.39. The van der Waals surface area contributed by atoms with Crippen LogP contribution in [-0.2, 0) is 0 Å². The Bertz CT molecular complexity index is 473. The van der Waals surface area contributed by atoms with Crippen LogP contribution in [0.5, 0.6) is 0 Å². The summed E-state index contributed by atoms with van der Waals surface area (Å²) in [4.78, 5) is 14.4. The van der Waals surface area contributed by atoms with Crippen molar-refractivity contribution in [2.75, 3.05) is 26.7 Å². The average Bonchev–Trinajstić information content (AvgIpc) is 2.48. The number of hydrogen-bond acceptors (Lipinski definition) is 2. The van der Waals surface area contributed by atoms with Gasteiger partial charge in [0.15, 0.2) is 0 Å². The number of carbonyl (C=O) groups is 1. The predicted molar refractivity (Wildman–Crippen MR) is 86.3 cm³/mol. The molecule has 1 aromatic carbocycles. The quantitative estimate of drug-likeness (QED) is 0.891. The van der Waals surface area contributed by atoms with Crippen molar-refractivity contribution < 1.29 is 4.79 Å². The number of carbonyl (C=O) groups excluding carboxylic acids is 1. The number of nitrogens with zero attached hydrogens (tertiary/aromatic N) is 1. The second-order valence-corrected chi connectivity index (χ2v) is 6.52. The van der Waals surface area contributed by atoms with Gasteiger partial charge in [-0.1, -0.05) is 11.6 Å². The standard InChI is InChI=1S/C15H20BrClN2O/c1-18-7-4-11-5-8-19(9-6-11)15(20)12-2-3-13(16)14(17)10-12/h2-3,10-11,18H,4-9H2,1H3. The third kappa shape index (κ3) is 3.96. The minimum Gasteiger partial charge on any atom is -0.339 e. The highest BCUT2D eigenvalue weighted by atomic mass is 79.9. The van der Waals surface area contributed by atoms with Crippen molar-refractivity contribution in [1.29, 1.82) is 0 Å². The zero-order valence-corrected chi connectivity index (χ0v) is 14.0. The van der Waals surface area contributed by atoms with E-state index < -0.39 is 0 Å². The lowest BCUT2D eigenvalue weighted by atomic mass is 9.93. The van der Waals surface area contributed by atoms with Crippen LogP contribution in [0, 0.1) is 5.92 Å². The summed E-state index contributed by atoms with van der Waals surface area (Å²) in [6.45, 7) is 2.75. The number of benzene rings is 1. The molecule has 1 heterocycles. The molecule has 3 nitrogen and oxygen atoms in total. The molecule has 110 valence electrons. The fraction of sp³-hybridized carbons (Fsp3) is 0.533. The van der Waals surface area contributed by atoms with E-state index in [1.165, 1.54) is 6.42 Å². The summed E-state index contributed by atoms with van der Waals surface area (Å²) in [5.41, 5.74) is 0.673. The number of amides is 1. The molecule has 1 aliphatic rings. The molecule has 0 spiro atoms. The summed E-state index contributed by atoms with van der Waals surface area (Å²) in [7, 11) is 1.98. The monoisotopic (exact) mass is 358 g/mol. The van der Waals surface area contributed by atoms with Gasteiger partial charge in [-0.2, -0.15) is 0 Å². The highest BCUT2D eigenvalue weighted by Gasteiger charge is 2.23. The van der Waals surface area contributed by atoms with Crippen LogP contribution in [0.1, 0.15) is 29.6 Å². The summed E-state index contributed by atoms with van der Waals surface area (Å²) < 4.78 is 0.821. The Morgan fingerprint density at radius 2 is 2.15 bits per heavy atom. The van der Waals surface area contributed by atoms with Crippen molar-refractivity contribution in [2.45, 2.75) is 19.3 Å². The smallest absolute Gasteiger partial charge is 0.253 e. The molecule has 0 unspecified atom stereocenters. The van der Waals surface area contributed by atoms with E-state index in [-0.39, 0.29) is 5.91 Å². The predicted octanol–water partition coefficient (Wildman–Crippen LogP) is 3.56. The normalized spacial score (nSPS) is 16.4. The van der Waals surface area contributed by atoms with Gasteiger partial charge >= 0.3 is 0 Å². The molecule has 0 aromatic heterocycles. The first kappa shape index (κ1) is 15.8. The summed E-state index contributed by atoms with van der Waals surface area (Å²) in [5, 5.41) is 3.77. The van der Waals surface area contributed by atoms with E-state index in [0.29, 0.717) is 10.6 Å². The molecule has 20 heavy (non-hydrogen) atoms. The van der Waals surface area contributed by atoms with Crippen LogP contribution in [0.3, 0.4) is 0 Å². The first-order chi connectivity index (χ1) is 9.61. The van der Waals surface area contributed by atoms with E-state index >= 15 is 0 Å². The van der Waals surface area contributed by atoms with E-state index in [0.717, 1.165) is 42.9 Å². The van der Waals surface area contributed by atoms with Gasteiger partial charge < -0.3 is 10.2 Å². The van der Waals surface area contributed by atoms with E-state index in [9.17, 15) is 4.79 Å². The molecule has 0 radical (unpaired) electrons. The largest absolute Gasteiger partial charge is 0.339 e. The molecule has 1 aromatic rings. The van der Waals surface area contributed by atoms with Gasteiger partial charge in [0, 0.05) is 23.1 Å². The first-order valence-electron chi connectivity index (χ1n) is 7.00. The zero-order chi connectivity index (χ0) is 14.5. The van der Waals surface area contributed by atoms with Gasteiger partial charge in [-0.15, -0.1) is 0 Å². The maximum absolute atomic E-state index is 12.4. The van der Waals surface area contributed by atoms with Crippen LogP contribution in [0.4, 0.5) is 0 Å². The molecule has 0 saturated carbocycles. The van der Waals surface area contributed by atoms with E-state index in [4.69, 9.17) is 11.6 Å². The Balaban J connectivity index is 1.92. The zero-order valence-electron chi connectivity index (χ0n) is 11.7. The summed E-state index contributed by atoms with van der Waals surface area (Å²) in [5.74, 6) is 0.825. The molecule has 1 amide bonds. The van der Waals surface area contributed by atoms with Crippen molar-refractivity contribution in [3.05, 3.63) is 33.3 Å². The molecule has 0 bridgehead atoms. The SMILES string of the molecule is CNCCC1CCN(C(=O)c2ccc(Br)c(Cl)c2)CC1. The van der Waals surface area contributed by atoms with Crippen molar-refractivity contribution in [3.8, 4) is 0 Å². The topological polar surface area (TPSA) is 32.3 Å². The molecule has 0 aliphatic carbocycles. The molecular weight excluding hydrogens is 340 g/mol. The molecule has 1 saturated heterocycles. The molecule has 5 heteroatoms. The number of likely N-dealkylation sites (tertiary alicyclic amines) is 1. The number of nitrogens with one attached hydrogen (secondary N) is 1. The number of halogens is 2. The molecule has 1 N–H and O–H groups in total. The maximum atomic E-state index is 12.4. The van der Waals surface area contributed by atoms with Gasteiger partial charge in [0.25, 0.3) is 5.91 Å². The van der Waals surface area contributed by atoms with Gasteiger partial charge in [-0.3, -0.25) is 4.79 Å². The van der Waals surface area contributed by atoms with E-state index in [2.05, 4.69) is 21.2 Å². The van der Waals surface area contributed by atoms with Gasteiger partial charge in [-0.05, 0) is 72.9 Å². The molecule has 0 atom stereocenters. The first-order valence-corrected chi connectivity index (χ1v) is 8.18. The third-order valence-corrected chi connectivity index (χ3v) is 5.10. The number of piperidine rings is 1. The van der Waals surface area contributed by atoms with Crippen molar-refractivity contribution in [2.24, 2.45) is 5.92 Å². The van der Waals surface area contributed by atoms with Gasteiger partial charge in [0.2, 0.25) is 0 Å². The molecule has 2 rings (SSSR count). The Kier molecular flexibility index (Phi) is 5.87. The summed E-state index contributed by atoms with van der Waals surface area (Å²) >= 11 is 9.40. The Labute approximate surface area is 133 Å². The Hall–Kier alpha value is -0.580. The minimum absolute atomic E-state index is 0.0893. The van der Waals surface area contributed by atoms with Crippen LogP contribution in [0.15, 0.2) is 22.7 Å². The van der Waals surface area contributed by atoms with Gasteiger partial charge in [-0.25, -0.2) is 0 Å². The second kappa shape index (κ2) is 7.43. The van der Waals surface area contributed by atoms with Gasteiger partial charge in [0.1, 0.15) is 0 Å². The second-order valence-electron chi connectivity index (χ2n) is 5.26. The maximum Gasteiger partial charge on any atom is 0.253 e. The van der Waals surface area contributed by atoms with Crippen LogP contribution in [0.25, 0.3) is 0 Å². The molecule has 1 aliphatic heterocycles. The highest BCUT2D eigenvalue weighted by molar-refractivity contribution is 9.10. The van der Waals surface area contributed by atoms with Crippen LogP contribution < -0.4 is 5.32 Å². The highest BCUT2D eigenvalue weighted by Crippen LogP contribution is 2.25. The summed E-state index contributed by atoms with van der Waals surface area (Å²) in [6.07, 6.45) is 3.39. The number of hydrogen-bond donors (Lipinski definition) is 1. The van der Waals surface area contributed by atoms with Crippen LogP contribution in [0.2, 0.25) is 5.02 Å². The fourth-order valence-corrected chi connectivity index (χ4v) is 3.01. The van der Waals surface area contributed by atoms with E-state index in [1.54, 1.807) is 6.07 Å². The number of rotatable bonds is 4. The Morgan fingerprint density at radius 3 is 2.75 bits per heavy atom. The lowest BCUT2D eigenvalue weighted by molar-refractivity contribution is 0.0687. The Morgan fingerprint density at radius 1 is 1.45 bits per heavy atom. The fourth-order valence-electron chi connectivity index (χ4n) is 2.58. The van der Waals surface area contributed by atoms with Crippen LogP contribution >= 0.6 is 27.5 Å². The third-order valence-electron chi connectivity index (χ3n) is 3.87. The van der Waals surface area contributed by atoms with E-state index in [1.807, 2.05) is 24.1 Å². The average molecular weight is 360 g/mol. The molecule has 1 fully saturated rings. The lowest BCUT2D eigenvalue weighted by Crippen LogP contribution is -2.38. The molecular formula is C15H20BrClN2O. The van der Waals surface area contributed by atoms with Crippen molar-refractivity contribution in [3.63, 3.8) is 0 Å².